The summed E-state index contributed by atoms with van der Waals surface area (Å²) in [6.07, 6.45) is 1.89. The molecule has 0 atom stereocenters. The van der Waals surface area contributed by atoms with Gasteiger partial charge < -0.3 is 15.7 Å². The third-order valence-electron chi connectivity index (χ3n) is 2.34. The Hall–Kier alpha value is -1.69. The summed E-state index contributed by atoms with van der Waals surface area (Å²) in [4.78, 5) is 13.6. The predicted octanol–water partition coefficient (Wildman–Crippen LogP) is 0.293. The molecule has 0 aliphatic carbocycles. The molecule has 0 unspecified atom stereocenters. The molecular weight excluding hydrogens is 220 g/mol. The second-order valence-electron chi connectivity index (χ2n) is 3.71. The van der Waals surface area contributed by atoms with Gasteiger partial charge >= 0.3 is 0 Å². The number of amides is 1. The number of anilines is 1. The van der Waals surface area contributed by atoms with E-state index >= 15 is 0 Å². The van der Waals surface area contributed by atoms with Gasteiger partial charge in [0.15, 0.2) is 5.69 Å². The predicted molar refractivity (Wildman–Crippen MR) is 64.3 cm³/mol. The Morgan fingerprint density at radius 1 is 1.41 bits per heavy atom. The number of rotatable bonds is 6. The zero-order valence-corrected chi connectivity index (χ0v) is 9.96. The highest BCUT2D eigenvalue weighted by atomic mass is 16.3. The number of hydrogen-bond acceptors (Lipinski definition) is 5. The number of unbranched alkanes of at least 4 members (excludes halogenated alkanes) is 1. The van der Waals surface area contributed by atoms with E-state index in [2.05, 4.69) is 10.2 Å². The van der Waals surface area contributed by atoms with Gasteiger partial charge in [-0.1, -0.05) is 13.3 Å². The van der Waals surface area contributed by atoms with Crippen molar-refractivity contribution in [2.75, 3.05) is 25.4 Å². The fourth-order valence-corrected chi connectivity index (χ4v) is 1.40. The van der Waals surface area contributed by atoms with E-state index in [4.69, 9.17) is 10.8 Å². The van der Waals surface area contributed by atoms with Crippen LogP contribution in [0.25, 0.3) is 0 Å². The first-order valence-corrected chi connectivity index (χ1v) is 5.68. The molecule has 0 saturated heterocycles. The Balaban J connectivity index is 2.72. The van der Waals surface area contributed by atoms with E-state index in [9.17, 15) is 4.79 Å². The maximum absolute atomic E-state index is 12.0. The highest BCUT2D eigenvalue weighted by Crippen LogP contribution is 2.04. The molecule has 0 aliphatic heterocycles. The third-order valence-corrected chi connectivity index (χ3v) is 2.34. The number of carbonyl (C=O) groups is 1. The van der Waals surface area contributed by atoms with E-state index in [0.717, 1.165) is 12.8 Å². The van der Waals surface area contributed by atoms with Gasteiger partial charge in [-0.25, -0.2) is 0 Å². The number of nitrogens with zero attached hydrogens (tertiary/aromatic N) is 3. The van der Waals surface area contributed by atoms with Crippen LogP contribution in [-0.2, 0) is 0 Å². The number of carbonyl (C=O) groups excluding carboxylic acids is 1. The molecule has 1 aromatic rings. The topological polar surface area (TPSA) is 92.3 Å². The maximum atomic E-state index is 12.0. The summed E-state index contributed by atoms with van der Waals surface area (Å²) in [6, 6.07) is 3.08. The van der Waals surface area contributed by atoms with Crippen molar-refractivity contribution in [3.05, 3.63) is 17.8 Å². The summed E-state index contributed by atoms with van der Waals surface area (Å²) < 4.78 is 0. The van der Waals surface area contributed by atoms with Crippen LogP contribution in [0.4, 0.5) is 5.82 Å². The van der Waals surface area contributed by atoms with Gasteiger partial charge in [-0.3, -0.25) is 4.79 Å². The molecule has 17 heavy (non-hydrogen) atoms. The minimum Gasteiger partial charge on any atom is -0.395 e. The quantitative estimate of drug-likeness (QED) is 0.743. The first kappa shape index (κ1) is 13.4. The average molecular weight is 238 g/mol. The summed E-state index contributed by atoms with van der Waals surface area (Å²) in [5, 5.41) is 16.3. The standard InChI is InChI=1S/C11H18N4O2/c1-2-3-6-15(7-8-16)11(17)9-4-5-10(12)14-13-9/h4-5,16H,2-3,6-8H2,1H3,(H2,12,14). The van der Waals surface area contributed by atoms with Crippen molar-refractivity contribution < 1.29 is 9.90 Å². The fraction of sp³-hybridized carbons (Fsp3) is 0.545. The lowest BCUT2D eigenvalue weighted by Gasteiger charge is -2.20. The summed E-state index contributed by atoms with van der Waals surface area (Å²) in [5.41, 5.74) is 5.66. The van der Waals surface area contributed by atoms with Crippen molar-refractivity contribution in [3.63, 3.8) is 0 Å². The van der Waals surface area contributed by atoms with E-state index in [1.165, 1.54) is 6.07 Å². The van der Waals surface area contributed by atoms with Gasteiger partial charge in [-0.2, -0.15) is 0 Å². The Bertz CT molecular complexity index is 353. The molecule has 3 N–H and O–H groups in total. The lowest BCUT2D eigenvalue weighted by Crippen LogP contribution is -2.35. The van der Waals surface area contributed by atoms with Gasteiger partial charge in [0.25, 0.3) is 5.91 Å². The van der Waals surface area contributed by atoms with Crippen molar-refractivity contribution in [2.45, 2.75) is 19.8 Å². The second-order valence-corrected chi connectivity index (χ2v) is 3.71. The van der Waals surface area contributed by atoms with Crippen LogP contribution in [0.5, 0.6) is 0 Å². The molecule has 0 fully saturated rings. The molecule has 0 saturated carbocycles. The molecule has 1 rings (SSSR count). The van der Waals surface area contributed by atoms with Crippen LogP contribution in [-0.4, -0.2) is 45.8 Å². The molecule has 0 bridgehead atoms. The molecule has 6 nitrogen and oxygen atoms in total. The van der Waals surface area contributed by atoms with Crippen LogP contribution in [0.3, 0.4) is 0 Å². The molecule has 0 spiro atoms. The van der Waals surface area contributed by atoms with Gasteiger partial charge in [-0.05, 0) is 18.6 Å². The van der Waals surface area contributed by atoms with Crippen molar-refractivity contribution in [2.24, 2.45) is 0 Å². The first-order valence-electron chi connectivity index (χ1n) is 5.68. The summed E-state index contributed by atoms with van der Waals surface area (Å²) >= 11 is 0. The van der Waals surface area contributed by atoms with Crippen LogP contribution in [0.2, 0.25) is 0 Å². The number of nitrogens with two attached hydrogens (primary N) is 1. The van der Waals surface area contributed by atoms with Gasteiger partial charge in [0.2, 0.25) is 0 Å². The lowest BCUT2D eigenvalue weighted by molar-refractivity contribution is 0.0712. The van der Waals surface area contributed by atoms with Gasteiger partial charge in [-0.15, -0.1) is 10.2 Å². The minimum atomic E-state index is -0.222. The molecule has 94 valence electrons. The highest BCUT2D eigenvalue weighted by molar-refractivity contribution is 5.92. The van der Waals surface area contributed by atoms with E-state index in [1.807, 2.05) is 6.92 Å². The third kappa shape index (κ3) is 3.99. The summed E-state index contributed by atoms with van der Waals surface area (Å²) in [6.45, 7) is 2.91. The molecular formula is C11H18N4O2. The van der Waals surface area contributed by atoms with Crippen molar-refractivity contribution in [1.29, 1.82) is 0 Å². The number of aromatic nitrogens is 2. The number of aliphatic hydroxyl groups is 1. The zero-order chi connectivity index (χ0) is 12.7. The molecule has 0 aliphatic rings. The van der Waals surface area contributed by atoms with Crippen molar-refractivity contribution in [3.8, 4) is 0 Å². The molecule has 1 amide bonds. The van der Waals surface area contributed by atoms with Crippen molar-refractivity contribution >= 4 is 11.7 Å². The van der Waals surface area contributed by atoms with E-state index in [1.54, 1.807) is 11.0 Å². The van der Waals surface area contributed by atoms with E-state index in [-0.39, 0.29) is 24.0 Å². The Kier molecular flexibility index (Phi) is 5.35. The summed E-state index contributed by atoms with van der Waals surface area (Å²) in [5.74, 6) is 0.0591. The molecule has 0 aromatic carbocycles. The largest absolute Gasteiger partial charge is 0.395 e. The smallest absolute Gasteiger partial charge is 0.274 e. The van der Waals surface area contributed by atoms with Crippen LogP contribution < -0.4 is 5.73 Å². The normalized spacial score (nSPS) is 10.2. The van der Waals surface area contributed by atoms with Crippen LogP contribution in [0.1, 0.15) is 30.3 Å². The van der Waals surface area contributed by atoms with Gasteiger partial charge in [0, 0.05) is 13.1 Å². The monoisotopic (exact) mass is 238 g/mol. The second kappa shape index (κ2) is 6.80. The Morgan fingerprint density at radius 3 is 2.71 bits per heavy atom. The van der Waals surface area contributed by atoms with E-state index < -0.39 is 0 Å². The van der Waals surface area contributed by atoms with Crippen LogP contribution >= 0.6 is 0 Å². The van der Waals surface area contributed by atoms with Crippen molar-refractivity contribution in [1.82, 2.24) is 15.1 Å². The SMILES string of the molecule is CCCCN(CCO)C(=O)c1ccc(N)nn1. The van der Waals surface area contributed by atoms with Crippen LogP contribution in [0, 0.1) is 0 Å². The molecule has 0 radical (unpaired) electrons. The van der Waals surface area contributed by atoms with Crippen LogP contribution in [0.15, 0.2) is 12.1 Å². The number of hydrogen-bond donors (Lipinski definition) is 2. The average Bonchev–Trinajstić information content (AvgIpc) is 2.34. The zero-order valence-electron chi connectivity index (χ0n) is 9.96. The van der Waals surface area contributed by atoms with Gasteiger partial charge in [0.05, 0.1) is 6.61 Å². The lowest BCUT2D eigenvalue weighted by atomic mass is 10.2. The molecule has 1 heterocycles. The number of nitrogen functional groups attached to an aromatic ring is 1. The minimum absolute atomic E-state index is 0.0577. The fourth-order valence-electron chi connectivity index (χ4n) is 1.40. The first-order chi connectivity index (χ1) is 8.19. The highest BCUT2D eigenvalue weighted by Gasteiger charge is 2.16. The Labute approximate surface area is 100 Å². The number of aliphatic hydroxyl groups excluding tert-OH is 1. The van der Waals surface area contributed by atoms with Gasteiger partial charge in [0.1, 0.15) is 5.82 Å². The van der Waals surface area contributed by atoms with E-state index in [0.29, 0.717) is 13.1 Å². The Morgan fingerprint density at radius 2 is 2.18 bits per heavy atom. The maximum Gasteiger partial charge on any atom is 0.274 e. The summed E-state index contributed by atoms with van der Waals surface area (Å²) in [7, 11) is 0. The molecule has 6 heteroatoms. The molecule has 1 aromatic heterocycles.